The van der Waals surface area contributed by atoms with E-state index in [2.05, 4.69) is 42.4 Å². The molecule has 1 atom stereocenters. The van der Waals surface area contributed by atoms with Gasteiger partial charge in [-0.2, -0.15) is 4.37 Å². The number of hydrogen-bond donors (Lipinski definition) is 1. The van der Waals surface area contributed by atoms with Gasteiger partial charge in [0.1, 0.15) is 5.82 Å². The molecule has 0 aliphatic heterocycles. The van der Waals surface area contributed by atoms with Crippen LogP contribution in [0.4, 0.5) is 5.13 Å². The molecule has 3 nitrogen and oxygen atoms in total. The van der Waals surface area contributed by atoms with Gasteiger partial charge in [0.15, 0.2) is 0 Å². The van der Waals surface area contributed by atoms with Crippen molar-refractivity contribution >= 4 is 28.3 Å². The fourth-order valence-corrected chi connectivity index (χ4v) is 2.27. The van der Waals surface area contributed by atoms with Crippen LogP contribution in [0.25, 0.3) is 0 Å². The van der Waals surface area contributed by atoms with E-state index in [1.165, 1.54) is 11.5 Å². The predicted octanol–water partition coefficient (Wildman–Crippen LogP) is 3.34. The van der Waals surface area contributed by atoms with Crippen LogP contribution in [-0.2, 0) is 0 Å². The van der Waals surface area contributed by atoms with E-state index in [4.69, 9.17) is 11.6 Å². The summed E-state index contributed by atoms with van der Waals surface area (Å²) in [5.74, 6) is 2.37. The molecule has 15 heavy (non-hydrogen) atoms. The van der Waals surface area contributed by atoms with Crippen molar-refractivity contribution in [3.05, 3.63) is 5.82 Å². The summed E-state index contributed by atoms with van der Waals surface area (Å²) < 4.78 is 4.29. The third kappa shape index (κ3) is 3.61. The summed E-state index contributed by atoms with van der Waals surface area (Å²) >= 11 is 7.28. The first-order chi connectivity index (χ1) is 7.04. The minimum Gasteiger partial charge on any atom is -0.356 e. The number of halogens is 1. The van der Waals surface area contributed by atoms with Crippen LogP contribution < -0.4 is 5.32 Å². The smallest absolute Gasteiger partial charge is 0.202 e. The zero-order chi connectivity index (χ0) is 11.4. The number of rotatable bonds is 5. The monoisotopic (exact) mass is 247 g/mol. The zero-order valence-corrected chi connectivity index (χ0v) is 11.2. The van der Waals surface area contributed by atoms with E-state index in [1.54, 1.807) is 0 Å². The normalized spacial score (nSPS) is 13.5. The summed E-state index contributed by atoms with van der Waals surface area (Å²) in [5, 5.41) is 4.19. The van der Waals surface area contributed by atoms with E-state index in [9.17, 15) is 0 Å². The average molecular weight is 248 g/mol. The minimum absolute atomic E-state index is 0.264. The predicted molar refractivity (Wildman–Crippen MR) is 67.0 cm³/mol. The molecule has 5 heteroatoms. The molecule has 1 heterocycles. The minimum atomic E-state index is 0.264. The second kappa shape index (κ2) is 5.66. The van der Waals surface area contributed by atoms with E-state index >= 15 is 0 Å². The van der Waals surface area contributed by atoms with Gasteiger partial charge < -0.3 is 5.32 Å². The average Bonchev–Trinajstić information content (AvgIpc) is 2.61. The second-order valence-electron chi connectivity index (χ2n) is 4.26. The number of anilines is 1. The molecule has 0 spiro atoms. The first-order valence-corrected chi connectivity index (χ1v) is 6.51. The van der Waals surface area contributed by atoms with Crippen molar-refractivity contribution in [2.24, 2.45) is 5.92 Å². The Morgan fingerprint density at radius 1 is 1.33 bits per heavy atom. The van der Waals surface area contributed by atoms with E-state index < -0.39 is 0 Å². The lowest BCUT2D eigenvalue weighted by atomic mass is 10.1. The highest BCUT2D eigenvalue weighted by molar-refractivity contribution is 7.09. The molecule has 0 amide bonds. The maximum Gasteiger partial charge on any atom is 0.202 e. The first kappa shape index (κ1) is 12.7. The van der Waals surface area contributed by atoms with Crippen LogP contribution in [0.1, 0.15) is 39.4 Å². The molecule has 0 aliphatic carbocycles. The van der Waals surface area contributed by atoms with Crippen molar-refractivity contribution < 1.29 is 0 Å². The van der Waals surface area contributed by atoms with Gasteiger partial charge in [-0.3, -0.25) is 0 Å². The highest BCUT2D eigenvalue weighted by Gasteiger charge is 2.14. The molecular formula is C10H18ClN3S. The van der Waals surface area contributed by atoms with Crippen molar-refractivity contribution in [3.63, 3.8) is 0 Å². The summed E-state index contributed by atoms with van der Waals surface area (Å²) in [5.41, 5.74) is 0. The molecule has 1 aromatic heterocycles. The summed E-state index contributed by atoms with van der Waals surface area (Å²) in [6.45, 7) is 8.47. The van der Waals surface area contributed by atoms with Gasteiger partial charge in [0.25, 0.3) is 0 Å². The number of nitrogens with zero attached hydrogens (tertiary/aromatic N) is 2. The van der Waals surface area contributed by atoms with E-state index in [0.29, 0.717) is 17.7 Å². The Hall–Kier alpha value is -0.350. The van der Waals surface area contributed by atoms with Gasteiger partial charge in [-0.05, 0) is 5.92 Å². The standard InChI is InChI=1S/C10H18ClN3S/c1-6(2)8(5-11)12-10-13-9(7(3)4)14-15-10/h6-8H,5H2,1-4H3,(H,12,13,14). The molecule has 0 aliphatic rings. The fourth-order valence-electron chi connectivity index (χ4n) is 1.07. The van der Waals surface area contributed by atoms with E-state index in [-0.39, 0.29) is 6.04 Å². The van der Waals surface area contributed by atoms with Crippen LogP contribution in [0.2, 0.25) is 0 Å². The second-order valence-corrected chi connectivity index (χ2v) is 5.32. The van der Waals surface area contributed by atoms with Gasteiger partial charge in [-0.15, -0.1) is 11.6 Å². The zero-order valence-electron chi connectivity index (χ0n) is 9.62. The summed E-state index contributed by atoms with van der Waals surface area (Å²) in [4.78, 5) is 4.42. The van der Waals surface area contributed by atoms with Crippen LogP contribution in [0.5, 0.6) is 0 Å². The first-order valence-electron chi connectivity index (χ1n) is 5.20. The summed E-state index contributed by atoms with van der Waals surface area (Å²) in [6.07, 6.45) is 0. The Balaban J connectivity index is 2.63. The molecule has 1 aromatic rings. The van der Waals surface area contributed by atoms with E-state index in [1.807, 2.05) is 0 Å². The number of alkyl halides is 1. The van der Waals surface area contributed by atoms with Crippen LogP contribution >= 0.6 is 23.1 Å². The molecule has 0 saturated heterocycles. The van der Waals surface area contributed by atoms with Crippen LogP contribution in [0.3, 0.4) is 0 Å². The highest BCUT2D eigenvalue weighted by Crippen LogP contribution is 2.19. The summed E-state index contributed by atoms with van der Waals surface area (Å²) in [6, 6.07) is 0.264. The highest BCUT2D eigenvalue weighted by atomic mass is 35.5. The molecular weight excluding hydrogens is 230 g/mol. The Morgan fingerprint density at radius 3 is 2.40 bits per heavy atom. The molecule has 1 rings (SSSR count). The van der Waals surface area contributed by atoms with Crippen LogP contribution in [-0.4, -0.2) is 21.3 Å². The molecule has 0 saturated carbocycles. The maximum absolute atomic E-state index is 5.88. The van der Waals surface area contributed by atoms with Crippen molar-refractivity contribution in [2.45, 2.75) is 39.7 Å². The van der Waals surface area contributed by atoms with Gasteiger partial charge in [0, 0.05) is 29.4 Å². The van der Waals surface area contributed by atoms with Crippen molar-refractivity contribution in [2.75, 3.05) is 11.2 Å². The Morgan fingerprint density at radius 2 is 2.00 bits per heavy atom. The van der Waals surface area contributed by atoms with Gasteiger partial charge in [0.2, 0.25) is 5.13 Å². The molecule has 0 radical (unpaired) electrons. The van der Waals surface area contributed by atoms with Gasteiger partial charge >= 0.3 is 0 Å². The van der Waals surface area contributed by atoms with Crippen molar-refractivity contribution in [3.8, 4) is 0 Å². The molecule has 1 unspecified atom stereocenters. The van der Waals surface area contributed by atoms with Gasteiger partial charge in [-0.1, -0.05) is 27.7 Å². The Labute approximate surface area is 100 Å². The Kier molecular flexibility index (Phi) is 4.80. The van der Waals surface area contributed by atoms with Crippen LogP contribution in [0, 0.1) is 5.92 Å². The third-order valence-corrected chi connectivity index (χ3v) is 3.23. The molecule has 0 bridgehead atoms. The summed E-state index contributed by atoms with van der Waals surface area (Å²) in [7, 11) is 0. The molecule has 1 N–H and O–H groups in total. The quantitative estimate of drug-likeness (QED) is 0.811. The molecule has 0 aromatic carbocycles. The maximum atomic E-state index is 5.88. The number of aromatic nitrogens is 2. The van der Waals surface area contributed by atoms with Crippen molar-refractivity contribution in [1.29, 1.82) is 0 Å². The lowest BCUT2D eigenvalue weighted by Crippen LogP contribution is -2.27. The molecule has 0 fully saturated rings. The SMILES string of the molecule is CC(C)c1nsc(NC(CCl)C(C)C)n1. The van der Waals surface area contributed by atoms with Crippen molar-refractivity contribution in [1.82, 2.24) is 9.36 Å². The largest absolute Gasteiger partial charge is 0.356 e. The Bertz CT molecular complexity index is 299. The third-order valence-electron chi connectivity index (χ3n) is 2.24. The lowest BCUT2D eigenvalue weighted by molar-refractivity contribution is 0.563. The van der Waals surface area contributed by atoms with Crippen LogP contribution in [0.15, 0.2) is 0 Å². The van der Waals surface area contributed by atoms with Gasteiger partial charge in [-0.25, -0.2) is 4.98 Å². The topological polar surface area (TPSA) is 37.8 Å². The number of hydrogen-bond acceptors (Lipinski definition) is 4. The van der Waals surface area contributed by atoms with E-state index in [0.717, 1.165) is 11.0 Å². The number of nitrogens with one attached hydrogen (secondary N) is 1. The van der Waals surface area contributed by atoms with Gasteiger partial charge in [0.05, 0.1) is 0 Å². The lowest BCUT2D eigenvalue weighted by Gasteiger charge is -2.18. The fraction of sp³-hybridized carbons (Fsp3) is 0.800. The molecule has 86 valence electrons.